The summed E-state index contributed by atoms with van der Waals surface area (Å²) in [5.74, 6) is -1.51. The van der Waals surface area contributed by atoms with Crippen molar-refractivity contribution in [2.75, 3.05) is 32.7 Å². The predicted octanol–water partition coefficient (Wildman–Crippen LogP) is 4.93. The number of carbonyl (C=O) groups is 2. The minimum absolute atomic E-state index is 0.139. The molecule has 212 valence electrons. The van der Waals surface area contributed by atoms with Gasteiger partial charge in [0.2, 0.25) is 11.7 Å². The van der Waals surface area contributed by atoms with Crippen LogP contribution in [0.3, 0.4) is 0 Å². The molecule has 2 aliphatic rings. The van der Waals surface area contributed by atoms with Crippen LogP contribution in [0.5, 0.6) is 0 Å². The molecule has 2 heterocycles. The minimum atomic E-state index is -5.08. The molecule has 1 aliphatic carbocycles. The number of nitrogens with zero attached hydrogens (tertiary/aromatic N) is 5. The second-order valence-corrected chi connectivity index (χ2v) is 9.96. The van der Waals surface area contributed by atoms with Gasteiger partial charge in [0.15, 0.2) is 0 Å². The zero-order valence-electron chi connectivity index (χ0n) is 22.5. The fraction of sp³-hybridized carbons (Fsp3) is 0.741. The topological polar surface area (TPSA) is 110 Å². The number of piperidine rings is 1. The number of nitriles is 1. The molecule has 1 saturated carbocycles. The lowest BCUT2D eigenvalue weighted by atomic mass is 9.95. The fourth-order valence-corrected chi connectivity index (χ4v) is 5.22. The Morgan fingerprint density at radius 3 is 2.29 bits per heavy atom. The molecule has 8 nitrogen and oxygen atoms in total. The third-order valence-electron chi connectivity index (χ3n) is 7.25. The molecule has 0 radical (unpaired) electrons. The van der Waals surface area contributed by atoms with E-state index in [2.05, 4.69) is 40.9 Å². The third kappa shape index (κ3) is 10.2. The van der Waals surface area contributed by atoms with E-state index in [1.807, 2.05) is 4.90 Å². The van der Waals surface area contributed by atoms with Crippen LogP contribution < -0.4 is 0 Å². The van der Waals surface area contributed by atoms with Gasteiger partial charge in [-0.05, 0) is 71.5 Å². The average Bonchev–Trinajstić information content (AvgIpc) is 3.19. The Morgan fingerprint density at radius 2 is 1.74 bits per heavy atom. The predicted molar refractivity (Wildman–Crippen MR) is 136 cm³/mol. The highest BCUT2D eigenvalue weighted by atomic mass is 19.4. The normalized spacial score (nSPS) is 19.0. The molecule has 1 aromatic heterocycles. The molecule has 0 aromatic carbocycles. The molecule has 3 rings (SSSR count). The summed E-state index contributed by atoms with van der Waals surface area (Å²) in [5, 5.41) is 16.5. The summed E-state index contributed by atoms with van der Waals surface area (Å²) < 4.78 is 31.7. The monoisotopic (exact) mass is 539 g/mol. The number of carboxylic acids is 1. The molecule has 2 fully saturated rings. The van der Waals surface area contributed by atoms with Gasteiger partial charge < -0.3 is 14.9 Å². The molecule has 1 N–H and O–H groups in total. The maximum atomic E-state index is 12.7. The van der Waals surface area contributed by atoms with E-state index in [1.54, 1.807) is 0 Å². The number of halogens is 3. The first-order valence-corrected chi connectivity index (χ1v) is 13.7. The highest BCUT2D eigenvalue weighted by Gasteiger charge is 2.38. The van der Waals surface area contributed by atoms with E-state index >= 15 is 0 Å². The van der Waals surface area contributed by atoms with Crippen LogP contribution in [0.15, 0.2) is 6.07 Å². The highest BCUT2D eigenvalue weighted by Crippen LogP contribution is 2.31. The lowest BCUT2D eigenvalue weighted by Crippen LogP contribution is -2.45. The van der Waals surface area contributed by atoms with E-state index in [4.69, 9.17) is 9.90 Å². The van der Waals surface area contributed by atoms with Gasteiger partial charge in [0.05, 0.1) is 5.92 Å². The van der Waals surface area contributed by atoms with Crippen molar-refractivity contribution in [1.29, 1.82) is 5.26 Å². The van der Waals surface area contributed by atoms with Crippen molar-refractivity contribution < 1.29 is 27.9 Å². The molecule has 1 atom stereocenters. The molecule has 1 saturated heterocycles. The Morgan fingerprint density at radius 1 is 1.11 bits per heavy atom. The molecular formula is C27H40F3N5O3. The summed E-state index contributed by atoms with van der Waals surface area (Å²) >= 11 is 0. The standard InChI is InChI=1S/C25H39N5O.C2HF3O2/c1-3-30(4-2)25(31)21-13-9-15-29(19-21)16-10-14-22-17-23(28-24(18-26)27-22)20-11-7-5-6-8-12-20;3-2(4,5)1(6)7/h17,20-21H,3-16,19H2,1-2H3;(H,6,7). The van der Waals surface area contributed by atoms with E-state index in [9.17, 15) is 23.2 Å². The van der Waals surface area contributed by atoms with E-state index in [1.165, 1.54) is 38.5 Å². The number of rotatable bonds is 8. The van der Waals surface area contributed by atoms with Crippen molar-refractivity contribution in [3.63, 3.8) is 0 Å². The third-order valence-corrected chi connectivity index (χ3v) is 7.25. The van der Waals surface area contributed by atoms with Crippen molar-refractivity contribution in [3.05, 3.63) is 23.3 Å². The zero-order chi connectivity index (χ0) is 28.1. The Kier molecular flexibility index (Phi) is 12.9. The Bertz CT molecular complexity index is 939. The quantitative estimate of drug-likeness (QED) is 0.466. The lowest BCUT2D eigenvalue weighted by molar-refractivity contribution is -0.192. The first-order chi connectivity index (χ1) is 18.1. The van der Waals surface area contributed by atoms with Crippen LogP contribution in [0.1, 0.15) is 94.8 Å². The van der Waals surface area contributed by atoms with Gasteiger partial charge in [0, 0.05) is 36.9 Å². The molecule has 38 heavy (non-hydrogen) atoms. The minimum Gasteiger partial charge on any atom is -0.475 e. The van der Waals surface area contributed by atoms with E-state index < -0.39 is 12.1 Å². The number of aliphatic carboxylic acids is 1. The molecule has 0 spiro atoms. The number of alkyl halides is 3. The second-order valence-electron chi connectivity index (χ2n) is 9.96. The van der Waals surface area contributed by atoms with Gasteiger partial charge in [-0.1, -0.05) is 25.7 Å². The lowest BCUT2D eigenvalue weighted by Gasteiger charge is -2.34. The first-order valence-electron chi connectivity index (χ1n) is 13.7. The summed E-state index contributed by atoms with van der Waals surface area (Å²) in [6.07, 6.45) is 6.38. The number of carboxylic acid groups (broad SMARTS) is 1. The van der Waals surface area contributed by atoms with Crippen molar-refractivity contribution in [1.82, 2.24) is 19.8 Å². The van der Waals surface area contributed by atoms with Crippen molar-refractivity contribution in [2.45, 2.75) is 90.1 Å². The largest absolute Gasteiger partial charge is 0.490 e. The maximum absolute atomic E-state index is 12.7. The fourth-order valence-electron chi connectivity index (χ4n) is 5.22. The van der Waals surface area contributed by atoms with E-state index in [-0.39, 0.29) is 5.92 Å². The summed E-state index contributed by atoms with van der Waals surface area (Å²) in [5.41, 5.74) is 2.07. The van der Waals surface area contributed by atoms with Gasteiger partial charge in [-0.2, -0.15) is 18.4 Å². The zero-order valence-corrected chi connectivity index (χ0v) is 22.5. The van der Waals surface area contributed by atoms with Gasteiger partial charge in [0.1, 0.15) is 6.07 Å². The Labute approximate surface area is 223 Å². The van der Waals surface area contributed by atoms with Crippen molar-refractivity contribution >= 4 is 11.9 Å². The molecular weight excluding hydrogens is 499 g/mol. The number of carbonyl (C=O) groups excluding carboxylic acids is 1. The number of aromatic nitrogens is 2. The second kappa shape index (κ2) is 15.6. The summed E-state index contributed by atoms with van der Waals surface area (Å²) in [6, 6.07) is 4.32. The van der Waals surface area contributed by atoms with Gasteiger partial charge in [-0.15, -0.1) is 0 Å². The first kappa shape index (κ1) is 31.5. The van der Waals surface area contributed by atoms with Crippen molar-refractivity contribution in [2.24, 2.45) is 5.92 Å². The van der Waals surface area contributed by atoms with Gasteiger partial charge in [-0.3, -0.25) is 4.79 Å². The molecule has 1 unspecified atom stereocenters. The van der Waals surface area contributed by atoms with Gasteiger partial charge >= 0.3 is 12.1 Å². The van der Waals surface area contributed by atoms with E-state index in [0.717, 1.165) is 69.8 Å². The summed E-state index contributed by atoms with van der Waals surface area (Å²) in [6.45, 7) is 8.63. The number of hydrogen-bond donors (Lipinski definition) is 1. The molecule has 1 aliphatic heterocycles. The van der Waals surface area contributed by atoms with Crippen molar-refractivity contribution in [3.8, 4) is 6.07 Å². The van der Waals surface area contributed by atoms with Crippen LogP contribution in [0, 0.1) is 17.2 Å². The smallest absolute Gasteiger partial charge is 0.475 e. The number of hydrogen-bond acceptors (Lipinski definition) is 6. The van der Waals surface area contributed by atoms with Gasteiger partial charge in [0.25, 0.3) is 0 Å². The number of likely N-dealkylation sites (tertiary alicyclic amines) is 1. The maximum Gasteiger partial charge on any atom is 0.490 e. The molecule has 1 aromatic rings. The van der Waals surface area contributed by atoms with Crippen LogP contribution in [0.4, 0.5) is 13.2 Å². The molecule has 0 bridgehead atoms. The van der Waals surface area contributed by atoms with Crippen LogP contribution in [0.25, 0.3) is 0 Å². The van der Waals surface area contributed by atoms with Crippen LogP contribution in [-0.4, -0.2) is 75.7 Å². The highest BCUT2D eigenvalue weighted by molar-refractivity contribution is 5.79. The summed E-state index contributed by atoms with van der Waals surface area (Å²) in [4.78, 5) is 35.1. The summed E-state index contributed by atoms with van der Waals surface area (Å²) in [7, 11) is 0. The van der Waals surface area contributed by atoms with E-state index in [0.29, 0.717) is 17.6 Å². The molecule has 11 heteroatoms. The average molecular weight is 540 g/mol. The Hall–Kier alpha value is -2.74. The molecule has 1 amide bonds. The van der Waals surface area contributed by atoms with Crippen LogP contribution in [-0.2, 0) is 16.0 Å². The Balaban J connectivity index is 0.000000638. The number of aryl methyl sites for hydroxylation is 1. The van der Waals surface area contributed by atoms with Crippen LogP contribution >= 0.6 is 0 Å². The SMILES string of the molecule is CCN(CC)C(=O)C1CCCN(CCCc2cc(C3CCCCCC3)nc(C#N)n2)C1.O=C(O)C(F)(F)F. The van der Waals surface area contributed by atoms with Crippen LogP contribution in [0.2, 0.25) is 0 Å². The van der Waals surface area contributed by atoms with Gasteiger partial charge in [-0.25, -0.2) is 14.8 Å². The number of amides is 1.